The van der Waals surface area contributed by atoms with Crippen LogP contribution in [-0.2, 0) is 6.54 Å². The van der Waals surface area contributed by atoms with Crippen molar-refractivity contribution in [2.45, 2.75) is 31.8 Å². The maximum Gasteiger partial charge on any atom is 0.165 e. The van der Waals surface area contributed by atoms with E-state index in [2.05, 4.69) is 19.9 Å². The molecule has 1 unspecified atom stereocenters. The Hall–Kier alpha value is -1.46. The summed E-state index contributed by atoms with van der Waals surface area (Å²) in [5.74, 6) is 1.01. The second kappa shape index (κ2) is 4.43. The lowest BCUT2D eigenvalue weighted by molar-refractivity contribution is 0.395. The summed E-state index contributed by atoms with van der Waals surface area (Å²) in [6.07, 6.45) is 5.65. The topological polar surface area (TPSA) is 68.2 Å². The van der Waals surface area contributed by atoms with Gasteiger partial charge in [-0.3, -0.25) is 4.40 Å². The number of nitrogens with one attached hydrogen (secondary N) is 1. The molecule has 3 rings (SSSR count). The zero-order valence-electron chi connectivity index (χ0n) is 9.76. The first kappa shape index (κ1) is 10.7. The number of hydrogen-bond donors (Lipinski definition) is 2. The molecule has 17 heavy (non-hydrogen) atoms. The molecule has 90 valence electrons. The van der Waals surface area contributed by atoms with Crippen LogP contribution < -0.4 is 11.1 Å². The molecule has 1 fully saturated rings. The van der Waals surface area contributed by atoms with E-state index in [-0.39, 0.29) is 0 Å². The summed E-state index contributed by atoms with van der Waals surface area (Å²) in [5, 5.41) is 12.1. The fourth-order valence-electron chi connectivity index (χ4n) is 2.46. The lowest BCUT2D eigenvalue weighted by Crippen LogP contribution is -2.28. The van der Waals surface area contributed by atoms with Gasteiger partial charge in [-0.25, -0.2) is 0 Å². The van der Waals surface area contributed by atoms with Crippen LogP contribution in [0.3, 0.4) is 0 Å². The molecule has 5 nitrogen and oxygen atoms in total. The molecule has 1 atom stereocenters. The third-order valence-corrected chi connectivity index (χ3v) is 3.38. The summed E-state index contributed by atoms with van der Waals surface area (Å²) >= 11 is 0. The van der Waals surface area contributed by atoms with Crippen molar-refractivity contribution >= 4 is 5.65 Å². The first-order chi connectivity index (χ1) is 8.40. The standard InChI is InChI=1S/C12H17N5/c13-8-9-4-3-7-17-11(9)15-16-12(17)10-5-1-2-6-14-10/h3-4,7,10,14H,1-2,5-6,8,13H2. The molecule has 0 radical (unpaired) electrons. The molecule has 0 bridgehead atoms. The second-order valence-corrected chi connectivity index (χ2v) is 4.49. The molecule has 0 spiro atoms. The van der Waals surface area contributed by atoms with Crippen LogP contribution >= 0.6 is 0 Å². The molecule has 2 aromatic rings. The van der Waals surface area contributed by atoms with Crippen LogP contribution in [0.15, 0.2) is 18.3 Å². The fourth-order valence-corrected chi connectivity index (χ4v) is 2.46. The Bertz CT molecular complexity index is 513. The van der Waals surface area contributed by atoms with Crippen molar-refractivity contribution in [1.82, 2.24) is 19.9 Å². The van der Waals surface area contributed by atoms with E-state index in [0.29, 0.717) is 12.6 Å². The van der Waals surface area contributed by atoms with E-state index in [9.17, 15) is 0 Å². The molecule has 0 saturated carbocycles. The molecule has 0 aromatic carbocycles. The second-order valence-electron chi connectivity index (χ2n) is 4.49. The molecular formula is C12H17N5. The van der Waals surface area contributed by atoms with E-state index >= 15 is 0 Å². The van der Waals surface area contributed by atoms with Crippen LogP contribution in [-0.4, -0.2) is 21.1 Å². The van der Waals surface area contributed by atoms with Gasteiger partial charge in [0.15, 0.2) is 11.5 Å². The van der Waals surface area contributed by atoms with Crippen molar-refractivity contribution in [2.75, 3.05) is 6.54 Å². The fraction of sp³-hybridized carbons (Fsp3) is 0.500. The summed E-state index contributed by atoms with van der Waals surface area (Å²) in [6.45, 7) is 1.57. The molecule has 3 heterocycles. The Labute approximate surface area is 100 Å². The molecule has 5 heteroatoms. The average Bonchev–Trinajstić information content (AvgIpc) is 2.83. The van der Waals surface area contributed by atoms with Crippen molar-refractivity contribution in [3.8, 4) is 0 Å². The molecule has 0 amide bonds. The van der Waals surface area contributed by atoms with Gasteiger partial charge >= 0.3 is 0 Å². The number of nitrogens with zero attached hydrogens (tertiary/aromatic N) is 3. The van der Waals surface area contributed by atoms with Crippen LogP contribution in [0.5, 0.6) is 0 Å². The van der Waals surface area contributed by atoms with Crippen LogP contribution in [0, 0.1) is 0 Å². The largest absolute Gasteiger partial charge is 0.326 e. The monoisotopic (exact) mass is 231 g/mol. The van der Waals surface area contributed by atoms with Crippen molar-refractivity contribution in [3.05, 3.63) is 29.7 Å². The lowest BCUT2D eigenvalue weighted by atomic mass is 10.0. The molecule has 3 N–H and O–H groups in total. The summed E-state index contributed by atoms with van der Waals surface area (Å²) < 4.78 is 2.06. The third-order valence-electron chi connectivity index (χ3n) is 3.38. The minimum Gasteiger partial charge on any atom is -0.326 e. The number of fused-ring (bicyclic) bond motifs is 1. The van der Waals surface area contributed by atoms with Gasteiger partial charge in [0.2, 0.25) is 0 Å². The van der Waals surface area contributed by atoms with Gasteiger partial charge in [-0.05, 0) is 25.5 Å². The van der Waals surface area contributed by atoms with Crippen molar-refractivity contribution < 1.29 is 0 Å². The predicted molar refractivity (Wildman–Crippen MR) is 65.5 cm³/mol. The zero-order chi connectivity index (χ0) is 11.7. The Morgan fingerprint density at radius 3 is 3.12 bits per heavy atom. The zero-order valence-corrected chi connectivity index (χ0v) is 9.76. The van der Waals surface area contributed by atoms with Crippen molar-refractivity contribution in [3.63, 3.8) is 0 Å². The van der Waals surface area contributed by atoms with E-state index in [1.54, 1.807) is 0 Å². The SMILES string of the molecule is NCc1cccn2c(C3CCCCN3)nnc12. The maximum atomic E-state index is 5.71. The van der Waals surface area contributed by atoms with Gasteiger partial charge in [-0.15, -0.1) is 10.2 Å². The Balaban J connectivity index is 2.05. The van der Waals surface area contributed by atoms with E-state index in [1.807, 2.05) is 18.3 Å². The minimum absolute atomic E-state index is 0.326. The number of aromatic nitrogens is 3. The summed E-state index contributed by atoms with van der Waals surface area (Å²) in [5.41, 5.74) is 7.64. The van der Waals surface area contributed by atoms with Gasteiger partial charge in [-0.2, -0.15) is 0 Å². The van der Waals surface area contributed by atoms with Crippen molar-refractivity contribution in [1.29, 1.82) is 0 Å². The number of hydrogen-bond acceptors (Lipinski definition) is 4. The summed E-state index contributed by atoms with van der Waals surface area (Å²) in [6, 6.07) is 4.33. The molecular weight excluding hydrogens is 214 g/mol. The first-order valence-electron chi connectivity index (χ1n) is 6.16. The first-order valence-corrected chi connectivity index (χ1v) is 6.16. The Kier molecular flexibility index (Phi) is 2.78. The molecule has 0 aliphatic carbocycles. The Morgan fingerprint density at radius 1 is 1.41 bits per heavy atom. The third kappa shape index (κ3) is 1.81. The van der Waals surface area contributed by atoms with Gasteiger partial charge in [0.1, 0.15) is 0 Å². The Morgan fingerprint density at radius 2 is 2.35 bits per heavy atom. The van der Waals surface area contributed by atoms with Gasteiger partial charge in [0, 0.05) is 18.3 Å². The van der Waals surface area contributed by atoms with Crippen LogP contribution in [0.4, 0.5) is 0 Å². The highest BCUT2D eigenvalue weighted by molar-refractivity contribution is 5.47. The van der Waals surface area contributed by atoms with Gasteiger partial charge in [-0.1, -0.05) is 12.5 Å². The highest BCUT2D eigenvalue weighted by Crippen LogP contribution is 2.22. The summed E-state index contributed by atoms with van der Waals surface area (Å²) in [7, 11) is 0. The highest BCUT2D eigenvalue weighted by atomic mass is 15.3. The van der Waals surface area contributed by atoms with Crippen LogP contribution in [0.2, 0.25) is 0 Å². The average molecular weight is 231 g/mol. The van der Waals surface area contributed by atoms with Gasteiger partial charge in [0.25, 0.3) is 0 Å². The number of rotatable bonds is 2. The maximum absolute atomic E-state index is 5.71. The van der Waals surface area contributed by atoms with E-state index in [0.717, 1.165) is 30.0 Å². The normalized spacial score (nSPS) is 20.9. The highest BCUT2D eigenvalue weighted by Gasteiger charge is 2.20. The summed E-state index contributed by atoms with van der Waals surface area (Å²) in [4.78, 5) is 0. The quantitative estimate of drug-likeness (QED) is 0.809. The van der Waals surface area contributed by atoms with E-state index < -0.39 is 0 Å². The smallest absolute Gasteiger partial charge is 0.165 e. The van der Waals surface area contributed by atoms with Gasteiger partial charge < -0.3 is 11.1 Å². The molecule has 1 aliphatic rings. The van der Waals surface area contributed by atoms with Crippen molar-refractivity contribution in [2.24, 2.45) is 5.73 Å². The number of piperidine rings is 1. The molecule has 1 aliphatic heterocycles. The van der Waals surface area contributed by atoms with Crippen LogP contribution in [0.25, 0.3) is 5.65 Å². The molecule has 2 aromatic heterocycles. The van der Waals surface area contributed by atoms with Crippen LogP contribution in [0.1, 0.15) is 36.7 Å². The number of nitrogens with two attached hydrogens (primary N) is 1. The van der Waals surface area contributed by atoms with Gasteiger partial charge in [0.05, 0.1) is 6.04 Å². The number of pyridine rings is 1. The predicted octanol–water partition coefficient (Wildman–Crippen LogP) is 1.00. The minimum atomic E-state index is 0.326. The molecule has 1 saturated heterocycles. The lowest BCUT2D eigenvalue weighted by Gasteiger charge is -2.21. The van der Waals surface area contributed by atoms with E-state index in [4.69, 9.17) is 5.73 Å². The van der Waals surface area contributed by atoms with E-state index in [1.165, 1.54) is 12.8 Å².